The lowest BCUT2D eigenvalue weighted by molar-refractivity contribution is 0.0911. The SMILES string of the molecule is CC(C)(C)c1nnsc1C(=O)NCC1CCC(O)CC1. The molecule has 0 spiro atoms. The first kappa shape index (κ1) is 15.4. The van der Waals surface area contributed by atoms with Crippen LogP contribution < -0.4 is 5.32 Å². The van der Waals surface area contributed by atoms with Crippen molar-refractivity contribution >= 4 is 17.4 Å². The van der Waals surface area contributed by atoms with E-state index in [1.807, 2.05) is 20.8 Å². The second kappa shape index (κ2) is 6.18. The van der Waals surface area contributed by atoms with E-state index in [-0.39, 0.29) is 17.4 Å². The molecule has 0 saturated heterocycles. The summed E-state index contributed by atoms with van der Waals surface area (Å²) in [5.74, 6) is 0.400. The van der Waals surface area contributed by atoms with E-state index in [1.165, 1.54) is 0 Å². The van der Waals surface area contributed by atoms with Crippen molar-refractivity contribution in [2.45, 2.75) is 58.0 Å². The summed E-state index contributed by atoms with van der Waals surface area (Å²) in [6, 6.07) is 0. The molecular formula is C14H23N3O2S. The van der Waals surface area contributed by atoms with Crippen LogP contribution in [0, 0.1) is 5.92 Å². The first-order chi connectivity index (χ1) is 9.38. The van der Waals surface area contributed by atoms with Crippen LogP contribution in [0.3, 0.4) is 0 Å². The molecule has 0 radical (unpaired) electrons. The number of carbonyl (C=O) groups is 1. The number of hydrogen-bond acceptors (Lipinski definition) is 5. The summed E-state index contributed by atoms with van der Waals surface area (Å²) >= 11 is 1.16. The Morgan fingerprint density at radius 1 is 1.35 bits per heavy atom. The van der Waals surface area contributed by atoms with Crippen molar-refractivity contribution < 1.29 is 9.90 Å². The summed E-state index contributed by atoms with van der Waals surface area (Å²) in [4.78, 5) is 12.9. The molecule has 0 bridgehead atoms. The molecule has 112 valence electrons. The predicted molar refractivity (Wildman–Crippen MR) is 78.9 cm³/mol. The van der Waals surface area contributed by atoms with Crippen LogP contribution in [0.5, 0.6) is 0 Å². The number of aliphatic hydroxyl groups is 1. The van der Waals surface area contributed by atoms with Crippen LogP contribution in [0.2, 0.25) is 0 Å². The second-order valence-electron chi connectivity index (χ2n) is 6.59. The van der Waals surface area contributed by atoms with E-state index in [9.17, 15) is 9.90 Å². The number of hydrogen-bond donors (Lipinski definition) is 2. The molecule has 1 fully saturated rings. The maximum Gasteiger partial charge on any atom is 0.264 e. The third kappa shape index (κ3) is 3.76. The molecule has 20 heavy (non-hydrogen) atoms. The first-order valence-corrected chi connectivity index (χ1v) is 7.94. The van der Waals surface area contributed by atoms with E-state index in [2.05, 4.69) is 14.9 Å². The third-order valence-electron chi connectivity index (χ3n) is 3.77. The fourth-order valence-corrected chi connectivity index (χ4v) is 3.29. The van der Waals surface area contributed by atoms with Gasteiger partial charge < -0.3 is 10.4 Å². The molecule has 0 aliphatic heterocycles. The van der Waals surface area contributed by atoms with Crippen molar-refractivity contribution in [1.29, 1.82) is 0 Å². The van der Waals surface area contributed by atoms with Crippen LogP contribution in [0.25, 0.3) is 0 Å². The van der Waals surface area contributed by atoms with Gasteiger partial charge in [0.15, 0.2) is 0 Å². The normalized spacial score (nSPS) is 23.6. The number of rotatable bonds is 3. The molecule has 0 atom stereocenters. The highest BCUT2D eigenvalue weighted by Crippen LogP contribution is 2.26. The highest BCUT2D eigenvalue weighted by atomic mass is 32.1. The van der Waals surface area contributed by atoms with E-state index in [4.69, 9.17) is 0 Å². The lowest BCUT2D eigenvalue weighted by Crippen LogP contribution is -2.33. The van der Waals surface area contributed by atoms with Gasteiger partial charge in [0.25, 0.3) is 5.91 Å². The van der Waals surface area contributed by atoms with Crippen molar-refractivity contribution in [3.63, 3.8) is 0 Å². The molecule has 1 heterocycles. The lowest BCUT2D eigenvalue weighted by atomic mass is 9.87. The molecule has 1 amide bonds. The van der Waals surface area contributed by atoms with Crippen molar-refractivity contribution in [3.05, 3.63) is 10.6 Å². The van der Waals surface area contributed by atoms with E-state index in [0.29, 0.717) is 17.3 Å². The van der Waals surface area contributed by atoms with E-state index in [1.54, 1.807) is 0 Å². The van der Waals surface area contributed by atoms with Crippen molar-refractivity contribution in [2.75, 3.05) is 6.54 Å². The van der Waals surface area contributed by atoms with Crippen LogP contribution in [0.15, 0.2) is 0 Å². The zero-order valence-corrected chi connectivity index (χ0v) is 13.2. The molecule has 1 aromatic rings. The Bertz CT molecular complexity index is 459. The van der Waals surface area contributed by atoms with Crippen LogP contribution in [0.1, 0.15) is 61.8 Å². The van der Waals surface area contributed by atoms with Crippen LogP contribution in [-0.2, 0) is 5.41 Å². The Morgan fingerprint density at radius 3 is 2.60 bits per heavy atom. The third-order valence-corrected chi connectivity index (χ3v) is 4.50. The summed E-state index contributed by atoms with van der Waals surface area (Å²) in [5.41, 5.74) is 0.591. The number of nitrogens with one attached hydrogen (secondary N) is 1. The molecule has 5 nitrogen and oxygen atoms in total. The van der Waals surface area contributed by atoms with Gasteiger partial charge in [-0.1, -0.05) is 25.3 Å². The monoisotopic (exact) mass is 297 g/mol. The highest BCUT2D eigenvalue weighted by molar-refractivity contribution is 7.08. The standard InChI is InChI=1S/C14H23N3O2S/c1-14(2,3)12-11(20-17-16-12)13(19)15-8-9-4-6-10(18)7-5-9/h9-10,18H,4-8H2,1-3H3,(H,15,19). The maximum absolute atomic E-state index is 12.3. The van der Waals surface area contributed by atoms with E-state index >= 15 is 0 Å². The molecule has 2 rings (SSSR count). The Labute approximate surface area is 123 Å². The zero-order valence-electron chi connectivity index (χ0n) is 12.3. The first-order valence-electron chi connectivity index (χ1n) is 7.17. The molecular weight excluding hydrogens is 274 g/mol. The summed E-state index contributed by atoms with van der Waals surface area (Å²) in [6.07, 6.45) is 3.49. The van der Waals surface area contributed by atoms with Gasteiger partial charge in [-0.3, -0.25) is 4.79 Å². The Hall–Kier alpha value is -1.01. The number of aliphatic hydroxyl groups excluding tert-OH is 1. The zero-order chi connectivity index (χ0) is 14.8. The number of aromatic nitrogens is 2. The Kier molecular flexibility index (Phi) is 4.75. The fourth-order valence-electron chi connectivity index (χ4n) is 2.50. The fraction of sp³-hybridized carbons (Fsp3) is 0.786. The summed E-state index contributed by atoms with van der Waals surface area (Å²) < 4.78 is 3.91. The molecule has 6 heteroatoms. The number of amides is 1. The maximum atomic E-state index is 12.3. The minimum absolute atomic E-state index is 0.0731. The summed E-state index contributed by atoms with van der Waals surface area (Å²) in [5, 5.41) is 16.6. The van der Waals surface area contributed by atoms with Crippen molar-refractivity contribution in [2.24, 2.45) is 5.92 Å². The average Bonchev–Trinajstić information content (AvgIpc) is 2.87. The van der Waals surface area contributed by atoms with Gasteiger partial charge in [-0.25, -0.2) is 0 Å². The van der Waals surface area contributed by atoms with Crippen LogP contribution in [0.4, 0.5) is 0 Å². The number of carbonyl (C=O) groups excluding carboxylic acids is 1. The van der Waals surface area contributed by atoms with Crippen LogP contribution >= 0.6 is 11.5 Å². The van der Waals surface area contributed by atoms with E-state index in [0.717, 1.165) is 42.9 Å². The molecule has 0 unspecified atom stereocenters. The molecule has 1 aliphatic carbocycles. The number of nitrogens with zero attached hydrogens (tertiary/aromatic N) is 2. The quantitative estimate of drug-likeness (QED) is 0.896. The van der Waals surface area contributed by atoms with Crippen molar-refractivity contribution in [1.82, 2.24) is 14.9 Å². The minimum Gasteiger partial charge on any atom is -0.393 e. The average molecular weight is 297 g/mol. The summed E-state index contributed by atoms with van der Waals surface area (Å²) in [7, 11) is 0. The Morgan fingerprint density at radius 2 is 2.00 bits per heavy atom. The van der Waals surface area contributed by atoms with Gasteiger partial charge in [0.2, 0.25) is 0 Å². The molecule has 0 aromatic carbocycles. The van der Waals surface area contributed by atoms with Gasteiger partial charge in [0.05, 0.1) is 11.8 Å². The smallest absolute Gasteiger partial charge is 0.264 e. The van der Waals surface area contributed by atoms with Crippen LogP contribution in [-0.4, -0.2) is 33.2 Å². The second-order valence-corrected chi connectivity index (χ2v) is 7.34. The summed E-state index contributed by atoms with van der Waals surface area (Å²) in [6.45, 7) is 6.77. The molecule has 2 N–H and O–H groups in total. The predicted octanol–water partition coefficient (Wildman–Crippen LogP) is 2.12. The van der Waals surface area contributed by atoms with Crippen molar-refractivity contribution in [3.8, 4) is 0 Å². The largest absolute Gasteiger partial charge is 0.393 e. The lowest BCUT2D eigenvalue weighted by Gasteiger charge is -2.25. The minimum atomic E-state index is -0.172. The molecule has 1 aromatic heterocycles. The highest BCUT2D eigenvalue weighted by Gasteiger charge is 2.27. The Balaban J connectivity index is 1.91. The van der Waals surface area contributed by atoms with Gasteiger partial charge in [0.1, 0.15) is 4.88 Å². The topological polar surface area (TPSA) is 75.1 Å². The molecule has 1 aliphatic rings. The van der Waals surface area contributed by atoms with Gasteiger partial charge >= 0.3 is 0 Å². The van der Waals surface area contributed by atoms with Gasteiger partial charge in [-0.2, -0.15) is 0 Å². The molecule has 1 saturated carbocycles. The van der Waals surface area contributed by atoms with Gasteiger partial charge in [-0.05, 0) is 43.1 Å². The van der Waals surface area contributed by atoms with Gasteiger partial charge in [0, 0.05) is 12.0 Å². The van der Waals surface area contributed by atoms with Gasteiger partial charge in [-0.15, -0.1) is 5.10 Å². The van der Waals surface area contributed by atoms with E-state index < -0.39 is 0 Å².